The maximum absolute atomic E-state index is 6.49. The van der Waals surface area contributed by atoms with Crippen LogP contribution in [0.2, 0.25) is 0 Å². The molecule has 0 aromatic rings. The van der Waals surface area contributed by atoms with Gasteiger partial charge in [-0.05, 0) is 44.4 Å². The second kappa shape index (κ2) is 3.97. The molecule has 3 nitrogen and oxygen atoms in total. The molecular formula is C13H23NO2. The van der Waals surface area contributed by atoms with E-state index in [0.717, 1.165) is 19.1 Å². The van der Waals surface area contributed by atoms with Crippen LogP contribution in [0.5, 0.6) is 0 Å². The molecule has 0 spiro atoms. The van der Waals surface area contributed by atoms with Gasteiger partial charge in [-0.2, -0.15) is 0 Å². The lowest BCUT2D eigenvalue weighted by molar-refractivity contribution is 0.101. The first kappa shape index (κ1) is 11.0. The van der Waals surface area contributed by atoms with Crippen molar-refractivity contribution in [3.63, 3.8) is 0 Å². The lowest BCUT2D eigenvalue weighted by Gasteiger charge is -2.44. The van der Waals surface area contributed by atoms with Crippen molar-refractivity contribution in [3.8, 4) is 0 Å². The van der Waals surface area contributed by atoms with E-state index >= 15 is 0 Å². The zero-order valence-electron chi connectivity index (χ0n) is 10.2. The number of nitrogens with two attached hydrogens (primary N) is 1. The largest absolute Gasteiger partial charge is 0.373 e. The molecule has 1 aliphatic carbocycles. The smallest absolute Gasteiger partial charge is 0.0813 e. The van der Waals surface area contributed by atoms with Gasteiger partial charge in [-0.25, -0.2) is 0 Å². The molecule has 1 saturated carbocycles. The molecule has 92 valence electrons. The van der Waals surface area contributed by atoms with Gasteiger partial charge in [0.1, 0.15) is 0 Å². The van der Waals surface area contributed by atoms with Gasteiger partial charge in [-0.1, -0.05) is 6.42 Å². The summed E-state index contributed by atoms with van der Waals surface area (Å²) in [5.74, 6) is 1.40. The van der Waals surface area contributed by atoms with E-state index < -0.39 is 0 Å². The first-order chi connectivity index (χ1) is 7.65. The molecule has 0 aromatic carbocycles. The molecule has 0 amide bonds. The highest BCUT2D eigenvalue weighted by Crippen LogP contribution is 2.44. The van der Waals surface area contributed by atoms with Crippen LogP contribution in [0, 0.1) is 11.8 Å². The standard InChI is InChI=1S/C13H23NO2/c1-13(14)4-2-3-9(5-10-7-15-10)12(13)6-11-8-16-11/h9-12H,2-8,14H2,1H3. The van der Waals surface area contributed by atoms with Crippen molar-refractivity contribution in [1.82, 2.24) is 0 Å². The average Bonchev–Trinajstić information content (AvgIpc) is 3.06. The van der Waals surface area contributed by atoms with Crippen molar-refractivity contribution >= 4 is 0 Å². The van der Waals surface area contributed by atoms with E-state index in [1.165, 1.54) is 32.1 Å². The van der Waals surface area contributed by atoms with Gasteiger partial charge >= 0.3 is 0 Å². The highest BCUT2D eigenvalue weighted by atomic mass is 16.6. The molecule has 3 heteroatoms. The van der Waals surface area contributed by atoms with E-state index in [1.807, 2.05) is 0 Å². The predicted octanol–water partition coefficient (Wildman–Crippen LogP) is 1.70. The van der Waals surface area contributed by atoms with Gasteiger partial charge in [0.05, 0.1) is 25.4 Å². The van der Waals surface area contributed by atoms with Crippen LogP contribution < -0.4 is 5.73 Å². The molecule has 5 unspecified atom stereocenters. The van der Waals surface area contributed by atoms with Crippen molar-refractivity contribution in [2.24, 2.45) is 17.6 Å². The number of hydrogen-bond acceptors (Lipinski definition) is 3. The fourth-order valence-electron chi connectivity index (χ4n) is 3.44. The van der Waals surface area contributed by atoms with Gasteiger partial charge in [0.2, 0.25) is 0 Å². The zero-order valence-corrected chi connectivity index (χ0v) is 10.2. The van der Waals surface area contributed by atoms with E-state index in [-0.39, 0.29) is 5.54 Å². The van der Waals surface area contributed by atoms with Gasteiger partial charge in [0, 0.05) is 5.54 Å². The third-order valence-corrected chi connectivity index (χ3v) is 4.59. The molecule has 2 aliphatic heterocycles. The summed E-state index contributed by atoms with van der Waals surface area (Å²) in [5, 5.41) is 0. The molecule has 2 saturated heterocycles. The van der Waals surface area contributed by atoms with Crippen LogP contribution in [0.4, 0.5) is 0 Å². The van der Waals surface area contributed by atoms with Crippen molar-refractivity contribution in [2.45, 2.75) is 56.8 Å². The Labute approximate surface area is 97.7 Å². The summed E-state index contributed by atoms with van der Waals surface area (Å²) in [5.41, 5.74) is 6.51. The molecular weight excluding hydrogens is 202 g/mol. The fourth-order valence-corrected chi connectivity index (χ4v) is 3.44. The van der Waals surface area contributed by atoms with E-state index in [9.17, 15) is 0 Å². The minimum Gasteiger partial charge on any atom is -0.373 e. The molecule has 3 fully saturated rings. The maximum Gasteiger partial charge on any atom is 0.0813 e. The van der Waals surface area contributed by atoms with Crippen LogP contribution >= 0.6 is 0 Å². The quantitative estimate of drug-likeness (QED) is 0.741. The Morgan fingerprint density at radius 3 is 2.44 bits per heavy atom. The van der Waals surface area contributed by atoms with Crippen molar-refractivity contribution in [1.29, 1.82) is 0 Å². The summed E-state index contributed by atoms with van der Waals surface area (Å²) in [7, 11) is 0. The second-order valence-corrected chi connectivity index (χ2v) is 6.15. The van der Waals surface area contributed by atoms with Crippen molar-refractivity contribution < 1.29 is 9.47 Å². The highest BCUT2D eigenvalue weighted by Gasteiger charge is 2.44. The lowest BCUT2D eigenvalue weighted by atomic mass is 9.65. The molecule has 0 aromatic heterocycles. The Balaban J connectivity index is 1.66. The van der Waals surface area contributed by atoms with E-state index in [4.69, 9.17) is 15.2 Å². The Kier molecular flexibility index (Phi) is 2.73. The van der Waals surface area contributed by atoms with E-state index in [0.29, 0.717) is 18.1 Å². The molecule has 3 aliphatic rings. The van der Waals surface area contributed by atoms with Gasteiger partial charge < -0.3 is 15.2 Å². The third kappa shape index (κ3) is 2.41. The van der Waals surface area contributed by atoms with Crippen LogP contribution in [0.25, 0.3) is 0 Å². The summed E-state index contributed by atoms with van der Waals surface area (Å²) in [4.78, 5) is 0. The first-order valence-corrected chi connectivity index (χ1v) is 6.67. The monoisotopic (exact) mass is 225 g/mol. The zero-order chi connectivity index (χ0) is 11.2. The molecule has 5 atom stereocenters. The number of hydrogen-bond donors (Lipinski definition) is 1. The summed E-state index contributed by atoms with van der Waals surface area (Å²) in [6.45, 7) is 4.17. The second-order valence-electron chi connectivity index (χ2n) is 6.15. The number of ether oxygens (including phenoxy) is 2. The predicted molar refractivity (Wildman–Crippen MR) is 62.1 cm³/mol. The van der Waals surface area contributed by atoms with E-state index in [2.05, 4.69) is 6.92 Å². The van der Waals surface area contributed by atoms with Crippen LogP contribution in [-0.4, -0.2) is 31.0 Å². The number of rotatable bonds is 4. The van der Waals surface area contributed by atoms with Gasteiger partial charge in [-0.3, -0.25) is 0 Å². The SMILES string of the molecule is CC1(N)CCCC(CC2CO2)C1CC1CO1. The summed E-state index contributed by atoms with van der Waals surface area (Å²) in [6.07, 6.45) is 7.24. The van der Waals surface area contributed by atoms with Gasteiger partial charge in [0.25, 0.3) is 0 Å². The van der Waals surface area contributed by atoms with Crippen molar-refractivity contribution in [2.75, 3.05) is 13.2 Å². The Bertz CT molecular complexity index is 259. The normalized spacial score (nSPS) is 51.4. The molecule has 2 N–H and O–H groups in total. The third-order valence-electron chi connectivity index (χ3n) is 4.59. The average molecular weight is 225 g/mol. The highest BCUT2D eigenvalue weighted by molar-refractivity contribution is 4.98. The minimum absolute atomic E-state index is 0.0176. The van der Waals surface area contributed by atoms with Crippen LogP contribution in [-0.2, 0) is 9.47 Å². The van der Waals surface area contributed by atoms with E-state index in [1.54, 1.807) is 0 Å². The van der Waals surface area contributed by atoms with Crippen LogP contribution in [0.3, 0.4) is 0 Å². The lowest BCUT2D eigenvalue weighted by Crippen LogP contribution is -2.50. The minimum atomic E-state index is 0.0176. The fraction of sp³-hybridized carbons (Fsp3) is 1.00. The number of epoxide rings is 2. The first-order valence-electron chi connectivity index (χ1n) is 6.67. The topological polar surface area (TPSA) is 51.1 Å². The Morgan fingerprint density at radius 1 is 1.19 bits per heavy atom. The molecule has 0 bridgehead atoms. The summed E-state index contributed by atoms with van der Waals surface area (Å²) in [6, 6.07) is 0. The molecule has 3 rings (SSSR count). The van der Waals surface area contributed by atoms with Crippen LogP contribution in [0.15, 0.2) is 0 Å². The van der Waals surface area contributed by atoms with Crippen molar-refractivity contribution in [3.05, 3.63) is 0 Å². The molecule has 2 heterocycles. The van der Waals surface area contributed by atoms with Gasteiger partial charge in [-0.15, -0.1) is 0 Å². The maximum atomic E-state index is 6.49. The van der Waals surface area contributed by atoms with Crippen LogP contribution in [0.1, 0.15) is 39.0 Å². The van der Waals surface area contributed by atoms with Gasteiger partial charge in [0.15, 0.2) is 0 Å². The summed E-state index contributed by atoms with van der Waals surface area (Å²) >= 11 is 0. The Hall–Kier alpha value is -0.120. The molecule has 0 radical (unpaired) electrons. The molecule has 16 heavy (non-hydrogen) atoms. The Morgan fingerprint density at radius 2 is 1.81 bits per heavy atom. The summed E-state index contributed by atoms with van der Waals surface area (Å²) < 4.78 is 10.8.